The number of anilines is 1. The van der Waals surface area contributed by atoms with E-state index in [0.717, 1.165) is 70.4 Å². The molecule has 14 heteroatoms. The summed E-state index contributed by atoms with van der Waals surface area (Å²) in [4.78, 5) is 18.8. The number of piperidine rings is 1. The number of aryl methyl sites for hydroxylation is 1. The molecule has 6 heterocycles. The summed E-state index contributed by atoms with van der Waals surface area (Å²) in [6, 6.07) is 2.35. The first-order valence-electron chi connectivity index (χ1n) is 17.4. The molecular weight excluding hydrogens is 653 g/mol. The highest BCUT2D eigenvalue weighted by Crippen LogP contribution is 2.49. The standard InChI is InChI=1S/C35H43ClFN7O5/c1-20-13-24-23(14-38-42-24)26(28(20)36)30-29(37)31-27(33(39-30)46-2)32(44-10-12-48-18-22(45)16-44)41-34(40-31)49-19-35-7-3-5-25(35)43(9-4-8-35)15-21-6-11-47-17-21/h13-14,21-22,25,45H,3-12,15-19H2,1-2H3,(H,38,42). The largest absolute Gasteiger partial charge is 0.480 e. The van der Waals surface area contributed by atoms with Gasteiger partial charge in [0.25, 0.3) is 0 Å². The quantitative estimate of drug-likeness (QED) is 0.260. The van der Waals surface area contributed by atoms with E-state index in [1.165, 1.54) is 7.11 Å². The zero-order chi connectivity index (χ0) is 33.7. The second-order valence-electron chi connectivity index (χ2n) is 14.1. The van der Waals surface area contributed by atoms with Gasteiger partial charge in [-0.2, -0.15) is 15.1 Å². The van der Waals surface area contributed by atoms with E-state index in [1.807, 2.05) is 17.9 Å². The van der Waals surface area contributed by atoms with Gasteiger partial charge in [0.15, 0.2) is 5.82 Å². The maximum atomic E-state index is 17.1. The smallest absolute Gasteiger partial charge is 0.319 e. The van der Waals surface area contributed by atoms with E-state index in [1.54, 1.807) is 6.20 Å². The monoisotopic (exact) mass is 695 g/mol. The average Bonchev–Trinajstić information content (AvgIpc) is 3.86. The molecule has 49 heavy (non-hydrogen) atoms. The first kappa shape index (κ1) is 32.8. The van der Waals surface area contributed by atoms with E-state index in [9.17, 15) is 5.11 Å². The van der Waals surface area contributed by atoms with Crippen molar-refractivity contribution >= 4 is 39.2 Å². The van der Waals surface area contributed by atoms with Crippen molar-refractivity contribution in [2.24, 2.45) is 11.3 Å². The predicted octanol–water partition coefficient (Wildman–Crippen LogP) is 4.93. The molecule has 0 amide bonds. The van der Waals surface area contributed by atoms with Crippen molar-refractivity contribution in [1.29, 1.82) is 0 Å². The van der Waals surface area contributed by atoms with E-state index in [4.69, 9.17) is 40.5 Å². The summed E-state index contributed by atoms with van der Waals surface area (Å²) in [5.74, 6) is 0.401. The molecule has 3 aromatic heterocycles. The number of nitrogens with one attached hydrogen (secondary N) is 1. The van der Waals surface area contributed by atoms with E-state index in [-0.39, 0.29) is 47.1 Å². The normalized spacial score (nSPS) is 26.4. The molecule has 4 aromatic rings. The fourth-order valence-electron chi connectivity index (χ4n) is 8.63. The molecule has 1 saturated carbocycles. The lowest BCUT2D eigenvalue weighted by Crippen LogP contribution is -2.53. The highest BCUT2D eigenvalue weighted by molar-refractivity contribution is 6.35. The molecule has 4 atom stereocenters. The van der Waals surface area contributed by atoms with E-state index in [0.29, 0.717) is 59.0 Å². The Kier molecular flexibility index (Phi) is 8.98. The molecule has 4 fully saturated rings. The van der Waals surface area contributed by atoms with Gasteiger partial charge in [0, 0.05) is 48.6 Å². The molecule has 4 unspecified atom stereocenters. The zero-order valence-corrected chi connectivity index (χ0v) is 28.8. The zero-order valence-electron chi connectivity index (χ0n) is 28.0. The van der Waals surface area contributed by atoms with Gasteiger partial charge >= 0.3 is 6.01 Å². The minimum atomic E-state index is -0.767. The van der Waals surface area contributed by atoms with Gasteiger partial charge in [0.1, 0.15) is 22.4 Å². The van der Waals surface area contributed by atoms with Crippen LogP contribution in [0.4, 0.5) is 10.2 Å². The van der Waals surface area contributed by atoms with Gasteiger partial charge in [-0.05, 0) is 63.1 Å². The summed E-state index contributed by atoms with van der Waals surface area (Å²) in [5.41, 5.74) is 1.80. The van der Waals surface area contributed by atoms with Crippen LogP contribution in [0.3, 0.4) is 0 Å². The summed E-state index contributed by atoms with van der Waals surface area (Å²) >= 11 is 6.85. The maximum Gasteiger partial charge on any atom is 0.319 e. The summed E-state index contributed by atoms with van der Waals surface area (Å²) < 4.78 is 40.8. The van der Waals surface area contributed by atoms with Gasteiger partial charge in [-0.1, -0.05) is 18.0 Å². The number of likely N-dealkylation sites (tertiary alicyclic amines) is 1. The van der Waals surface area contributed by atoms with Crippen LogP contribution in [-0.4, -0.2) is 114 Å². The lowest BCUT2D eigenvalue weighted by atomic mass is 9.75. The van der Waals surface area contributed by atoms with Crippen LogP contribution in [0, 0.1) is 24.1 Å². The lowest BCUT2D eigenvalue weighted by molar-refractivity contribution is -0.00804. The van der Waals surface area contributed by atoms with Crippen molar-refractivity contribution in [1.82, 2.24) is 30.0 Å². The number of benzene rings is 1. The van der Waals surface area contributed by atoms with Crippen LogP contribution in [-0.2, 0) is 9.47 Å². The molecule has 12 nitrogen and oxygen atoms in total. The number of pyridine rings is 1. The first-order chi connectivity index (χ1) is 23.8. The van der Waals surface area contributed by atoms with Gasteiger partial charge in [0.2, 0.25) is 5.88 Å². The number of fused-ring (bicyclic) bond motifs is 3. The van der Waals surface area contributed by atoms with E-state index >= 15 is 4.39 Å². The van der Waals surface area contributed by atoms with Crippen molar-refractivity contribution < 1.29 is 28.4 Å². The van der Waals surface area contributed by atoms with Crippen LogP contribution in [0.1, 0.15) is 44.1 Å². The van der Waals surface area contributed by atoms with Crippen LogP contribution < -0.4 is 14.4 Å². The van der Waals surface area contributed by atoms with Gasteiger partial charge in [-0.15, -0.1) is 0 Å². The number of aliphatic hydroxyl groups is 1. The summed E-state index contributed by atoms with van der Waals surface area (Å²) in [6.07, 6.45) is 7.46. The molecule has 0 spiro atoms. The molecule has 3 saturated heterocycles. The number of aromatic amines is 1. The van der Waals surface area contributed by atoms with Crippen molar-refractivity contribution in [3.05, 3.63) is 28.7 Å². The molecule has 0 radical (unpaired) electrons. The molecule has 3 aliphatic heterocycles. The van der Waals surface area contributed by atoms with E-state index < -0.39 is 11.9 Å². The van der Waals surface area contributed by atoms with Gasteiger partial charge < -0.3 is 29.0 Å². The Morgan fingerprint density at radius 1 is 1.12 bits per heavy atom. The number of methoxy groups -OCH3 is 1. The Balaban J connectivity index is 1.22. The number of ether oxygens (including phenoxy) is 4. The number of H-pyrrole nitrogens is 1. The molecule has 8 rings (SSSR count). The Morgan fingerprint density at radius 2 is 1.98 bits per heavy atom. The molecule has 1 aromatic carbocycles. The maximum absolute atomic E-state index is 17.1. The number of nitrogens with zero attached hydrogens (tertiary/aromatic N) is 6. The fraction of sp³-hybridized carbons (Fsp3) is 0.600. The second kappa shape index (κ2) is 13.4. The minimum absolute atomic E-state index is 0.00250. The molecule has 262 valence electrons. The first-order valence-corrected chi connectivity index (χ1v) is 17.8. The van der Waals surface area contributed by atoms with Gasteiger partial charge in [-0.25, -0.2) is 9.37 Å². The minimum Gasteiger partial charge on any atom is -0.480 e. The van der Waals surface area contributed by atoms with Crippen LogP contribution in [0.5, 0.6) is 11.9 Å². The van der Waals surface area contributed by atoms with E-state index in [2.05, 4.69) is 20.1 Å². The Morgan fingerprint density at radius 3 is 2.82 bits per heavy atom. The molecule has 2 N–H and O–H groups in total. The second-order valence-corrected chi connectivity index (χ2v) is 14.5. The Hall–Kier alpha value is -3.36. The number of halogens is 2. The SMILES string of the molecule is COc1nc(-c2c(Cl)c(C)cc3[nH]ncc23)c(F)c2nc(OCC34CCCC3N(CC3CCOC3)CCC4)nc(N3CCOCC(O)C3)c12. The Bertz CT molecular complexity index is 1850. The third kappa shape index (κ3) is 5.97. The molecular formula is C35H43ClFN7O5. The van der Waals surface area contributed by atoms with Crippen molar-refractivity contribution in [3.8, 4) is 23.1 Å². The van der Waals surface area contributed by atoms with Crippen LogP contribution in [0.25, 0.3) is 33.1 Å². The molecule has 0 bridgehead atoms. The fourth-order valence-corrected chi connectivity index (χ4v) is 8.87. The lowest BCUT2D eigenvalue weighted by Gasteiger charge is -2.46. The van der Waals surface area contributed by atoms with Crippen molar-refractivity contribution in [2.75, 3.05) is 71.2 Å². The van der Waals surface area contributed by atoms with Crippen molar-refractivity contribution in [3.63, 3.8) is 0 Å². The van der Waals surface area contributed by atoms with Crippen LogP contribution in [0.15, 0.2) is 12.3 Å². The van der Waals surface area contributed by atoms with Crippen LogP contribution in [0.2, 0.25) is 5.02 Å². The summed E-state index contributed by atoms with van der Waals surface area (Å²) in [5, 5.41) is 19.1. The Labute approximate surface area is 289 Å². The summed E-state index contributed by atoms with van der Waals surface area (Å²) in [7, 11) is 1.48. The molecule has 4 aliphatic rings. The average molecular weight is 696 g/mol. The highest BCUT2D eigenvalue weighted by Gasteiger charge is 2.49. The topological polar surface area (TPSA) is 131 Å². The third-order valence-corrected chi connectivity index (χ3v) is 11.5. The predicted molar refractivity (Wildman–Crippen MR) is 183 cm³/mol. The highest BCUT2D eigenvalue weighted by atomic mass is 35.5. The number of rotatable bonds is 8. The number of aliphatic hydroxyl groups excluding tert-OH is 1. The van der Waals surface area contributed by atoms with Crippen LogP contribution >= 0.6 is 11.6 Å². The number of aromatic nitrogens is 5. The summed E-state index contributed by atoms with van der Waals surface area (Å²) in [6.45, 7) is 7.30. The number of β-amino-alcohol motifs (C(OH)–C–C–N with tert-alkyl or cyclic N) is 1. The van der Waals surface area contributed by atoms with Gasteiger partial charge in [-0.3, -0.25) is 10.00 Å². The molecule has 1 aliphatic carbocycles. The van der Waals surface area contributed by atoms with Gasteiger partial charge in [0.05, 0.1) is 56.4 Å². The van der Waals surface area contributed by atoms with Crippen molar-refractivity contribution in [2.45, 2.75) is 57.6 Å². The number of hydrogen-bond acceptors (Lipinski definition) is 11. The number of hydrogen-bond donors (Lipinski definition) is 2. The third-order valence-electron chi connectivity index (χ3n) is 11.0.